The predicted molar refractivity (Wildman–Crippen MR) is 59.4 cm³/mol. The fourth-order valence-electron chi connectivity index (χ4n) is 1.45. The van der Waals surface area contributed by atoms with Gasteiger partial charge in [0.1, 0.15) is 5.75 Å². The minimum Gasteiger partial charge on any atom is -0.492 e. The SMILES string of the molecule is CCOc1cc(Br)c2c(C=O)c(F)nn2c1. The molecule has 0 radical (unpaired) electrons. The van der Waals surface area contributed by atoms with Gasteiger partial charge in [0.05, 0.1) is 23.9 Å². The van der Waals surface area contributed by atoms with Crippen molar-refractivity contribution in [2.24, 2.45) is 0 Å². The van der Waals surface area contributed by atoms with E-state index in [4.69, 9.17) is 4.74 Å². The number of aromatic nitrogens is 2. The van der Waals surface area contributed by atoms with Crippen LogP contribution in [0.4, 0.5) is 4.39 Å². The molecule has 0 aliphatic carbocycles. The van der Waals surface area contributed by atoms with Gasteiger partial charge >= 0.3 is 0 Å². The Balaban J connectivity index is 2.71. The highest BCUT2D eigenvalue weighted by Crippen LogP contribution is 2.27. The van der Waals surface area contributed by atoms with Crippen LogP contribution in [0.3, 0.4) is 0 Å². The summed E-state index contributed by atoms with van der Waals surface area (Å²) in [5.74, 6) is -0.230. The standard InChI is InChI=1S/C10H8BrFN2O2/c1-2-16-6-3-8(11)9-7(5-15)10(12)13-14(9)4-6/h3-5H,2H2,1H3. The van der Waals surface area contributed by atoms with E-state index in [9.17, 15) is 9.18 Å². The van der Waals surface area contributed by atoms with Crippen LogP contribution in [0.15, 0.2) is 16.7 Å². The number of nitrogens with zero attached hydrogens (tertiary/aromatic N) is 2. The number of carbonyl (C=O) groups is 1. The summed E-state index contributed by atoms with van der Waals surface area (Å²) in [6.45, 7) is 2.35. The first-order valence-electron chi connectivity index (χ1n) is 4.62. The average molecular weight is 287 g/mol. The maximum absolute atomic E-state index is 13.3. The Bertz CT molecular complexity index is 553. The van der Waals surface area contributed by atoms with E-state index in [1.54, 1.807) is 6.07 Å². The highest BCUT2D eigenvalue weighted by Gasteiger charge is 2.15. The predicted octanol–water partition coefficient (Wildman–Crippen LogP) is 2.45. The Morgan fingerprint density at radius 3 is 3.06 bits per heavy atom. The third-order valence-electron chi connectivity index (χ3n) is 2.08. The molecule has 16 heavy (non-hydrogen) atoms. The van der Waals surface area contributed by atoms with Gasteiger partial charge in [-0.15, -0.1) is 5.10 Å². The van der Waals surface area contributed by atoms with Crippen LogP contribution in [-0.2, 0) is 0 Å². The molecule has 84 valence electrons. The van der Waals surface area contributed by atoms with E-state index in [2.05, 4.69) is 21.0 Å². The van der Waals surface area contributed by atoms with Crippen LogP contribution >= 0.6 is 15.9 Å². The molecule has 2 rings (SSSR count). The smallest absolute Gasteiger partial charge is 0.244 e. The molecule has 0 spiro atoms. The summed E-state index contributed by atoms with van der Waals surface area (Å²) < 4.78 is 20.4. The maximum atomic E-state index is 13.3. The van der Waals surface area contributed by atoms with Crippen LogP contribution in [0.5, 0.6) is 5.75 Å². The lowest BCUT2D eigenvalue weighted by molar-refractivity contribution is 0.112. The molecule has 0 unspecified atom stereocenters. The first-order chi connectivity index (χ1) is 7.67. The molecule has 0 amide bonds. The van der Waals surface area contributed by atoms with Gasteiger partial charge < -0.3 is 4.74 Å². The Morgan fingerprint density at radius 2 is 2.44 bits per heavy atom. The van der Waals surface area contributed by atoms with Crippen molar-refractivity contribution < 1.29 is 13.9 Å². The van der Waals surface area contributed by atoms with Gasteiger partial charge in [-0.3, -0.25) is 4.79 Å². The molecule has 0 saturated carbocycles. The van der Waals surface area contributed by atoms with Crippen LogP contribution < -0.4 is 4.74 Å². The Labute approximate surface area is 99.1 Å². The van der Waals surface area contributed by atoms with Gasteiger partial charge in [0.15, 0.2) is 6.29 Å². The van der Waals surface area contributed by atoms with E-state index in [0.717, 1.165) is 0 Å². The van der Waals surface area contributed by atoms with Gasteiger partial charge in [-0.25, -0.2) is 4.52 Å². The van der Waals surface area contributed by atoms with Gasteiger partial charge in [0, 0.05) is 4.47 Å². The van der Waals surface area contributed by atoms with Gasteiger partial charge in [0.25, 0.3) is 0 Å². The van der Waals surface area contributed by atoms with Gasteiger partial charge in [0.2, 0.25) is 5.95 Å². The number of hydrogen-bond donors (Lipinski definition) is 0. The summed E-state index contributed by atoms with van der Waals surface area (Å²) in [5, 5.41) is 3.60. The zero-order valence-electron chi connectivity index (χ0n) is 8.41. The number of halogens is 2. The highest BCUT2D eigenvalue weighted by molar-refractivity contribution is 9.10. The second-order valence-electron chi connectivity index (χ2n) is 3.07. The minimum atomic E-state index is -0.788. The van der Waals surface area contributed by atoms with Gasteiger partial charge in [-0.05, 0) is 28.9 Å². The lowest BCUT2D eigenvalue weighted by Crippen LogP contribution is -1.95. The summed E-state index contributed by atoms with van der Waals surface area (Å²) in [6, 6.07) is 1.67. The molecule has 0 bridgehead atoms. The van der Waals surface area contributed by atoms with Crippen molar-refractivity contribution >= 4 is 27.7 Å². The largest absolute Gasteiger partial charge is 0.492 e. The van der Waals surface area contributed by atoms with E-state index in [1.165, 1.54) is 10.7 Å². The zero-order valence-corrected chi connectivity index (χ0v) is 9.99. The first-order valence-corrected chi connectivity index (χ1v) is 5.42. The number of pyridine rings is 1. The molecule has 2 aromatic heterocycles. The van der Waals surface area contributed by atoms with E-state index < -0.39 is 5.95 Å². The lowest BCUT2D eigenvalue weighted by atomic mass is 10.3. The van der Waals surface area contributed by atoms with Crippen molar-refractivity contribution in [3.63, 3.8) is 0 Å². The quantitative estimate of drug-likeness (QED) is 0.814. The molecule has 0 fully saturated rings. The summed E-state index contributed by atoms with van der Waals surface area (Å²) in [5.41, 5.74) is 0.339. The highest BCUT2D eigenvalue weighted by atomic mass is 79.9. The second-order valence-corrected chi connectivity index (χ2v) is 3.93. The third kappa shape index (κ3) is 1.69. The number of aldehydes is 1. The molecule has 0 saturated heterocycles. The van der Waals surface area contributed by atoms with Crippen molar-refractivity contribution in [3.05, 3.63) is 28.2 Å². The van der Waals surface area contributed by atoms with Crippen molar-refractivity contribution in [2.45, 2.75) is 6.92 Å². The normalized spacial score (nSPS) is 10.7. The van der Waals surface area contributed by atoms with E-state index in [-0.39, 0.29) is 5.56 Å². The first kappa shape index (κ1) is 11.1. The summed E-state index contributed by atoms with van der Waals surface area (Å²) >= 11 is 3.26. The summed E-state index contributed by atoms with van der Waals surface area (Å²) in [4.78, 5) is 10.7. The monoisotopic (exact) mass is 286 g/mol. The second kappa shape index (κ2) is 4.21. The number of rotatable bonds is 3. The molecule has 0 aromatic carbocycles. The molecule has 0 atom stereocenters. The van der Waals surface area contributed by atoms with Gasteiger partial charge in [-0.2, -0.15) is 4.39 Å². The van der Waals surface area contributed by atoms with Gasteiger partial charge in [-0.1, -0.05) is 0 Å². The van der Waals surface area contributed by atoms with Crippen LogP contribution in [0.2, 0.25) is 0 Å². The summed E-state index contributed by atoms with van der Waals surface area (Å²) in [6.07, 6.45) is 1.97. The van der Waals surface area contributed by atoms with Crippen LogP contribution in [0.25, 0.3) is 5.52 Å². The zero-order chi connectivity index (χ0) is 11.7. The molecule has 0 N–H and O–H groups in total. The Hall–Kier alpha value is -1.43. The molecule has 4 nitrogen and oxygen atoms in total. The van der Waals surface area contributed by atoms with E-state index >= 15 is 0 Å². The number of ether oxygens (including phenoxy) is 1. The molecular weight excluding hydrogens is 279 g/mol. The Morgan fingerprint density at radius 1 is 1.69 bits per heavy atom. The van der Waals surface area contributed by atoms with Crippen LogP contribution in [0.1, 0.15) is 17.3 Å². The van der Waals surface area contributed by atoms with Crippen molar-refractivity contribution in [1.82, 2.24) is 9.61 Å². The lowest BCUT2D eigenvalue weighted by Gasteiger charge is -2.04. The van der Waals surface area contributed by atoms with Crippen molar-refractivity contribution in [1.29, 1.82) is 0 Å². The van der Waals surface area contributed by atoms with Crippen molar-refractivity contribution in [2.75, 3.05) is 6.61 Å². The molecular formula is C10H8BrFN2O2. The number of fused-ring (bicyclic) bond motifs is 1. The molecule has 2 aromatic rings. The topological polar surface area (TPSA) is 43.6 Å². The molecule has 0 aliphatic heterocycles. The fourth-order valence-corrected chi connectivity index (χ4v) is 2.07. The maximum Gasteiger partial charge on any atom is 0.244 e. The minimum absolute atomic E-state index is 0.0603. The number of carbonyl (C=O) groups excluding carboxylic acids is 1. The van der Waals surface area contributed by atoms with Crippen LogP contribution in [-0.4, -0.2) is 22.5 Å². The Kier molecular flexibility index (Phi) is 2.91. The number of hydrogen-bond acceptors (Lipinski definition) is 3. The third-order valence-corrected chi connectivity index (χ3v) is 2.68. The van der Waals surface area contributed by atoms with Crippen LogP contribution in [0, 0.1) is 5.95 Å². The summed E-state index contributed by atoms with van der Waals surface area (Å²) in [7, 11) is 0. The molecule has 2 heterocycles. The van der Waals surface area contributed by atoms with Crippen molar-refractivity contribution in [3.8, 4) is 5.75 Å². The van der Waals surface area contributed by atoms with E-state index in [0.29, 0.717) is 28.6 Å². The fraction of sp³-hybridized carbons (Fsp3) is 0.200. The molecule has 6 heteroatoms. The van der Waals surface area contributed by atoms with E-state index in [1.807, 2.05) is 6.92 Å². The average Bonchev–Trinajstić information content (AvgIpc) is 2.54. The molecule has 0 aliphatic rings.